The van der Waals surface area contributed by atoms with E-state index in [4.69, 9.17) is 0 Å². The molecule has 1 aromatic heterocycles. The minimum Gasteiger partial charge on any atom is -0.371 e. The average molecular weight is 295 g/mol. The number of hydrogen-bond acceptors (Lipinski definition) is 4. The third-order valence-electron chi connectivity index (χ3n) is 3.62. The maximum atomic E-state index is 4.45. The zero-order chi connectivity index (χ0) is 15.0. The van der Waals surface area contributed by atoms with E-state index in [9.17, 15) is 0 Å². The summed E-state index contributed by atoms with van der Waals surface area (Å²) in [6.45, 7) is 8.51. The van der Waals surface area contributed by atoms with E-state index in [0.29, 0.717) is 6.04 Å². The predicted molar refractivity (Wildman–Crippen MR) is 91.8 cm³/mol. The van der Waals surface area contributed by atoms with Gasteiger partial charge in [-0.05, 0) is 51.3 Å². The van der Waals surface area contributed by atoms with Gasteiger partial charge in [-0.2, -0.15) is 11.8 Å². The molecule has 0 aliphatic carbocycles. The standard InChI is InChI=1S/C16H29N3S/c1-6-8-17-11-15-12-18-13(2)10-16(15)19(4)14(3)7-9-20-5/h10,12,14,17H,6-9,11H2,1-5H3. The topological polar surface area (TPSA) is 28.2 Å². The molecule has 1 heterocycles. The van der Waals surface area contributed by atoms with Crippen LogP contribution in [-0.4, -0.2) is 36.6 Å². The molecular formula is C16H29N3S. The van der Waals surface area contributed by atoms with Gasteiger partial charge in [0.05, 0.1) is 0 Å². The lowest BCUT2D eigenvalue weighted by Gasteiger charge is -2.29. The van der Waals surface area contributed by atoms with Gasteiger partial charge in [-0.1, -0.05) is 6.92 Å². The number of pyridine rings is 1. The Morgan fingerprint density at radius 1 is 1.45 bits per heavy atom. The van der Waals surface area contributed by atoms with Gasteiger partial charge in [0, 0.05) is 42.8 Å². The molecular weight excluding hydrogens is 266 g/mol. The molecule has 0 saturated carbocycles. The van der Waals surface area contributed by atoms with Crippen LogP contribution >= 0.6 is 11.8 Å². The number of aromatic nitrogens is 1. The highest BCUT2D eigenvalue weighted by Gasteiger charge is 2.14. The zero-order valence-corrected chi connectivity index (χ0v) is 14.4. The fraction of sp³-hybridized carbons (Fsp3) is 0.688. The summed E-state index contributed by atoms with van der Waals surface area (Å²) in [5.41, 5.74) is 3.69. The summed E-state index contributed by atoms with van der Waals surface area (Å²) in [6.07, 6.45) is 6.56. The first kappa shape index (κ1) is 17.3. The minimum atomic E-state index is 0.550. The molecule has 0 saturated heterocycles. The van der Waals surface area contributed by atoms with E-state index in [1.54, 1.807) is 0 Å². The van der Waals surface area contributed by atoms with E-state index in [-0.39, 0.29) is 0 Å². The number of nitrogens with one attached hydrogen (secondary N) is 1. The number of anilines is 1. The maximum absolute atomic E-state index is 4.45. The molecule has 0 amide bonds. The highest BCUT2D eigenvalue weighted by Crippen LogP contribution is 2.23. The smallest absolute Gasteiger partial charge is 0.0445 e. The molecule has 1 unspecified atom stereocenters. The Bertz CT molecular complexity index is 395. The first-order valence-electron chi connectivity index (χ1n) is 7.48. The second-order valence-electron chi connectivity index (χ2n) is 5.37. The first-order chi connectivity index (χ1) is 9.60. The maximum Gasteiger partial charge on any atom is 0.0445 e. The summed E-state index contributed by atoms with van der Waals surface area (Å²) < 4.78 is 0. The van der Waals surface area contributed by atoms with Crippen molar-refractivity contribution in [2.24, 2.45) is 0 Å². The van der Waals surface area contributed by atoms with Gasteiger partial charge in [-0.15, -0.1) is 0 Å². The molecule has 1 aromatic rings. The van der Waals surface area contributed by atoms with Crippen molar-refractivity contribution in [3.8, 4) is 0 Å². The predicted octanol–water partition coefficient (Wildman–Crippen LogP) is 3.47. The van der Waals surface area contributed by atoms with Crippen LogP contribution < -0.4 is 10.2 Å². The Balaban J connectivity index is 2.81. The van der Waals surface area contributed by atoms with Gasteiger partial charge in [0.2, 0.25) is 0 Å². The lowest BCUT2D eigenvalue weighted by atomic mass is 10.1. The first-order valence-corrected chi connectivity index (χ1v) is 8.87. The molecule has 0 fully saturated rings. The van der Waals surface area contributed by atoms with Gasteiger partial charge in [-0.3, -0.25) is 4.98 Å². The van der Waals surface area contributed by atoms with Crippen LogP contribution in [0.2, 0.25) is 0 Å². The summed E-state index contributed by atoms with van der Waals surface area (Å²) in [5.74, 6) is 1.21. The van der Waals surface area contributed by atoms with E-state index in [1.807, 2.05) is 18.0 Å². The quantitative estimate of drug-likeness (QED) is 0.706. The molecule has 0 spiro atoms. The molecule has 0 bridgehead atoms. The number of nitrogens with zero attached hydrogens (tertiary/aromatic N) is 2. The van der Waals surface area contributed by atoms with Gasteiger partial charge in [0.15, 0.2) is 0 Å². The molecule has 20 heavy (non-hydrogen) atoms. The molecule has 0 aliphatic rings. The van der Waals surface area contributed by atoms with E-state index < -0.39 is 0 Å². The molecule has 1 atom stereocenters. The van der Waals surface area contributed by atoms with E-state index in [0.717, 1.165) is 25.2 Å². The normalized spacial score (nSPS) is 12.4. The molecule has 0 aliphatic heterocycles. The van der Waals surface area contributed by atoms with Crippen molar-refractivity contribution in [1.29, 1.82) is 0 Å². The zero-order valence-electron chi connectivity index (χ0n) is 13.6. The van der Waals surface area contributed by atoms with E-state index >= 15 is 0 Å². The highest BCUT2D eigenvalue weighted by molar-refractivity contribution is 7.98. The van der Waals surface area contributed by atoms with Gasteiger partial charge in [0.1, 0.15) is 0 Å². The Morgan fingerprint density at radius 2 is 2.20 bits per heavy atom. The van der Waals surface area contributed by atoms with Crippen LogP contribution in [0.25, 0.3) is 0 Å². The average Bonchev–Trinajstić information content (AvgIpc) is 2.45. The van der Waals surface area contributed by atoms with Crippen LogP contribution in [0.4, 0.5) is 5.69 Å². The van der Waals surface area contributed by atoms with Crippen LogP contribution in [0.1, 0.15) is 37.9 Å². The second kappa shape index (κ2) is 9.24. The Hall–Kier alpha value is -0.740. The summed E-state index contributed by atoms with van der Waals surface area (Å²) in [5, 5.41) is 3.48. The summed E-state index contributed by atoms with van der Waals surface area (Å²) in [7, 11) is 2.20. The monoisotopic (exact) mass is 295 g/mol. The number of aryl methyl sites for hydroxylation is 1. The van der Waals surface area contributed by atoms with Gasteiger partial charge < -0.3 is 10.2 Å². The minimum absolute atomic E-state index is 0.550. The lowest BCUT2D eigenvalue weighted by Crippen LogP contribution is -2.31. The molecule has 114 valence electrons. The summed E-state index contributed by atoms with van der Waals surface area (Å²) >= 11 is 1.92. The number of hydrogen-bond donors (Lipinski definition) is 1. The SMILES string of the molecule is CCCNCc1cnc(C)cc1N(C)C(C)CCSC. The van der Waals surface area contributed by atoms with Crippen molar-refractivity contribution in [3.63, 3.8) is 0 Å². The van der Waals surface area contributed by atoms with Crippen LogP contribution in [0.3, 0.4) is 0 Å². The van der Waals surface area contributed by atoms with Gasteiger partial charge in [-0.25, -0.2) is 0 Å². The molecule has 1 N–H and O–H groups in total. The Morgan fingerprint density at radius 3 is 2.85 bits per heavy atom. The van der Waals surface area contributed by atoms with Crippen molar-refractivity contribution < 1.29 is 0 Å². The number of rotatable bonds is 9. The van der Waals surface area contributed by atoms with Crippen molar-refractivity contribution in [3.05, 3.63) is 23.5 Å². The largest absolute Gasteiger partial charge is 0.371 e. The second-order valence-corrected chi connectivity index (χ2v) is 6.36. The fourth-order valence-electron chi connectivity index (χ4n) is 2.16. The van der Waals surface area contributed by atoms with Crippen molar-refractivity contribution in [2.45, 2.75) is 46.2 Å². The summed E-state index contributed by atoms with van der Waals surface area (Å²) in [6, 6.07) is 2.76. The highest BCUT2D eigenvalue weighted by atomic mass is 32.2. The third-order valence-corrected chi connectivity index (χ3v) is 4.27. The van der Waals surface area contributed by atoms with Crippen molar-refractivity contribution >= 4 is 17.4 Å². The summed E-state index contributed by atoms with van der Waals surface area (Å²) in [4.78, 5) is 6.85. The van der Waals surface area contributed by atoms with Crippen LogP contribution in [0.5, 0.6) is 0 Å². The van der Waals surface area contributed by atoms with Gasteiger partial charge in [0.25, 0.3) is 0 Å². The molecule has 0 radical (unpaired) electrons. The number of thioether (sulfide) groups is 1. The van der Waals surface area contributed by atoms with Gasteiger partial charge >= 0.3 is 0 Å². The molecule has 4 heteroatoms. The Labute approximate surface area is 128 Å². The van der Waals surface area contributed by atoms with Crippen LogP contribution in [0.15, 0.2) is 12.3 Å². The fourth-order valence-corrected chi connectivity index (χ4v) is 2.73. The van der Waals surface area contributed by atoms with Crippen molar-refractivity contribution in [2.75, 3.05) is 30.5 Å². The molecule has 1 rings (SSSR count). The molecule has 3 nitrogen and oxygen atoms in total. The van der Waals surface area contributed by atoms with E-state index in [1.165, 1.54) is 23.4 Å². The molecule has 0 aromatic carbocycles. The van der Waals surface area contributed by atoms with Crippen LogP contribution in [0, 0.1) is 6.92 Å². The lowest BCUT2D eigenvalue weighted by molar-refractivity contribution is 0.648. The Kier molecular flexibility index (Phi) is 8.00. The third kappa shape index (κ3) is 5.33. The van der Waals surface area contributed by atoms with Crippen LogP contribution in [-0.2, 0) is 6.54 Å². The van der Waals surface area contributed by atoms with E-state index in [2.05, 4.69) is 55.3 Å². The van der Waals surface area contributed by atoms with Crippen molar-refractivity contribution in [1.82, 2.24) is 10.3 Å².